The maximum Gasteiger partial charge on any atom is 0.280 e. The Bertz CT molecular complexity index is 151. The molecule has 0 heterocycles. The van der Waals surface area contributed by atoms with Gasteiger partial charge in [0.15, 0.2) is 0 Å². The van der Waals surface area contributed by atoms with E-state index in [0.29, 0.717) is 0 Å². The monoisotopic (exact) mass is 269 g/mol. The molecule has 3 nitrogen and oxygen atoms in total. The average Bonchev–Trinajstić information content (AvgIpc) is 2.34. The van der Waals surface area contributed by atoms with Crippen LogP contribution in [0.15, 0.2) is 0 Å². The van der Waals surface area contributed by atoms with Gasteiger partial charge in [-0.3, -0.25) is 4.79 Å². The maximum atomic E-state index is 10.7. The van der Waals surface area contributed by atoms with E-state index in [-0.39, 0.29) is 16.1 Å². The largest absolute Gasteiger partial charge is 0.379 e. The van der Waals surface area contributed by atoms with Crippen molar-refractivity contribution >= 4 is 26.5 Å². The molecule has 1 aliphatic carbocycles. The molecule has 0 aromatic carbocycles. The summed E-state index contributed by atoms with van der Waals surface area (Å²) >= 11 is 1.75. The van der Waals surface area contributed by atoms with Crippen LogP contribution in [0.5, 0.6) is 0 Å². The minimum absolute atomic E-state index is 0.0107. The van der Waals surface area contributed by atoms with E-state index in [0.717, 1.165) is 19.3 Å². The summed E-state index contributed by atoms with van der Waals surface area (Å²) in [7, 11) is 1.70. The fourth-order valence-corrected chi connectivity index (χ4v) is 1.92. The van der Waals surface area contributed by atoms with Gasteiger partial charge in [-0.2, -0.15) is 0 Å². The van der Waals surface area contributed by atoms with Gasteiger partial charge in [-0.05, 0) is 19.3 Å². The van der Waals surface area contributed by atoms with Gasteiger partial charge in [0.2, 0.25) is 0 Å². The Morgan fingerprint density at radius 1 is 1.64 bits per heavy atom. The molecule has 0 aliphatic heterocycles. The predicted octanol–water partition coefficient (Wildman–Crippen LogP) is 1.70. The number of rotatable bonds is 2. The molecule has 0 bridgehead atoms. The van der Waals surface area contributed by atoms with Crippen molar-refractivity contribution in [3.05, 3.63) is 0 Å². The zero-order chi connectivity index (χ0) is 8.27. The third-order valence-corrected chi connectivity index (χ3v) is 2.37. The van der Waals surface area contributed by atoms with Crippen LogP contribution >= 0.6 is 22.6 Å². The van der Waals surface area contributed by atoms with Crippen LogP contribution in [-0.2, 0) is 4.74 Å². The molecule has 4 heteroatoms. The van der Waals surface area contributed by atoms with Gasteiger partial charge in [-0.1, -0.05) is 0 Å². The second-order valence-electron chi connectivity index (χ2n) is 2.73. The first kappa shape index (κ1) is 9.25. The molecule has 1 saturated carbocycles. The lowest BCUT2D eigenvalue weighted by molar-refractivity contribution is 0.0890. The Kier molecular flexibility index (Phi) is 3.58. The highest BCUT2D eigenvalue weighted by Crippen LogP contribution is 2.21. The minimum atomic E-state index is 0.0107. The van der Waals surface area contributed by atoms with Gasteiger partial charge < -0.3 is 10.1 Å². The van der Waals surface area contributed by atoms with E-state index in [1.165, 1.54) is 0 Å². The van der Waals surface area contributed by atoms with Crippen LogP contribution in [0.3, 0.4) is 0 Å². The van der Waals surface area contributed by atoms with E-state index in [4.69, 9.17) is 4.74 Å². The molecule has 1 N–H and O–H groups in total. The average molecular weight is 269 g/mol. The fourth-order valence-electron chi connectivity index (χ4n) is 1.52. The van der Waals surface area contributed by atoms with E-state index in [9.17, 15) is 4.79 Å². The van der Waals surface area contributed by atoms with Gasteiger partial charge in [0.1, 0.15) is 0 Å². The number of hydrogen-bond acceptors (Lipinski definition) is 2. The lowest BCUT2D eigenvalue weighted by Crippen LogP contribution is -2.37. The second-order valence-corrected chi connectivity index (χ2v) is 3.71. The summed E-state index contributed by atoms with van der Waals surface area (Å²) in [5, 5.41) is 2.87. The van der Waals surface area contributed by atoms with Crippen LogP contribution < -0.4 is 5.32 Å². The van der Waals surface area contributed by atoms with Crippen molar-refractivity contribution in [3.8, 4) is 0 Å². The van der Waals surface area contributed by atoms with Crippen LogP contribution in [0.25, 0.3) is 0 Å². The third kappa shape index (κ3) is 2.59. The van der Waals surface area contributed by atoms with E-state index in [2.05, 4.69) is 5.32 Å². The molecule has 64 valence electrons. The molecule has 1 amide bonds. The number of ether oxygens (including phenoxy) is 1. The second kappa shape index (κ2) is 4.25. The number of carbonyl (C=O) groups is 1. The molecule has 0 unspecified atom stereocenters. The van der Waals surface area contributed by atoms with Crippen molar-refractivity contribution in [1.82, 2.24) is 5.32 Å². The van der Waals surface area contributed by atoms with Crippen molar-refractivity contribution in [2.75, 3.05) is 7.11 Å². The standard InChI is InChI=1S/C7H12INO2/c1-11-6-4-2-3-5(6)9-7(8)10/h5-6H,2-4H2,1H3,(H,9,10)/t5-,6+/m1/s1. The lowest BCUT2D eigenvalue weighted by Gasteiger charge is -2.17. The van der Waals surface area contributed by atoms with Gasteiger partial charge in [0.05, 0.1) is 12.1 Å². The highest BCUT2D eigenvalue weighted by Gasteiger charge is 2.27. The first-order chi connectivity index (χ1) is 5.24. The fraction of sp³-hybridized carbons (Fsp3) is 0.857. The van der Waals surface area contributed by atoms with E-state index in [1.54, 1.807) is 29.7 Å². The SMILES string of the molecule is CO[C@H]1CCC[C@H]1NC(=O)I. The predicted molar refractivity (Wildman–Crippen MR) is 51.0 cm³/mol. The van der Waals surface area contributed by atoms with E-state index in [1.807, 2.05) is 0 Å². The zero-order valence-electron chi connectivity index (χ0n) is 6.47. The molecule has 0 aromatic rings. The van der Waals surface area contributed by atoms with Crippen molar-refractivity contribution in [2.24, 2.45) is 0 Å². The van der Waals surface area contributed by atoms with Crippen LogP contribution in [0.1, 0.15) is 19.3 Å². The summed E-state index contributed by atoms with van der Waals surface area (Å²) in [6.45, 7) is 0. The normalized spacial score (nSPS) is 30.4. The summed E-state index contributed by atoms with van der Waals surface area (Å²) in [6.07, 6.45) is 3.50. The Morgan fingerprint density at radius 2 is 2.36 bits per heavy atom. The van der Waals surface area contributed by atoms with E-state index >= 15 is 0 Å². The van der Waals surface area contributed by atoms with Gasteiger partial charge in [0, 0.05) is 29.7 Å². The summed E-state index contributed by atoms with van der Waals surface area (Å²) in [6, 6.07) is 0.240. The van der Waals surface area contributed by atoms with Gasteiger partial charge in [-0.15, -0.1) is 0 Å². The maximum absolute atomic E-state index is 10.7. The number of nitrogens with one attached hydrogen (secondary N) is 1. The Labute approximate surface area is 80.0 Å². The van der Waals surface area contributed by atoms with Crippen molar-refractivity contribution < 1.29 is 9.53 Å². The topological polar surface area (TPSA) is 38.3 Å². The van der Waals surface area contributed by atoms with Crippen LogP contribution in [-0.4, -0.2) is 23.2 Å². The highest BCUT2D eigenvalue weighted by molar-refractivity contribution is 14.1. The quantitative estimate of drug-likeness (QED) is 0.470. The first-order valence-electron chi connectivity index (χ1n) is 3.73. The zero-order valence-corrected chi connectivity index (χ0v) is 8.63. The number of methoxy groups -OCH3 is 1. The molecule has 1 aliphatic rings. The lowest BCUT2D eigenvalue weighted by atomic mass is 10.2. The van der Waals surface area contributed by atoms with Crippen LogP contribution in [0, 0.1) is 0 Å². The molecule has 0 aromatic heterocycles. The van der Waals surface area contributed by atoms with E-state index < -0.39 is 0 Å². The number of hydrogen-bond donors (Lipinski definition) is 1. The van der Waals surface area contributed by atoms with Crippen molar-refractivity contribution in [2.45, 2.75) is 31.4 Å². The minimum Gasteiger partial charge on any atom is -0.379 e. The number of halogens is 1. The van der Waals surface area contributed by atoms with Crippen molar-refractivity contribution in [3.63, 3.8) is 0 Å². The highest BCUT2D eigenvalue weighted by atomic mass is 127. The molecule has 0 radical (unpaired) electrons. The molecule has 1 fully saturated rings. The van der Waals surface area contributed by atoms with Gasteiger partial charge in [-0.25, -0.2) is 0 Å². The Hall–Kier alpha value is 0.160. The van der Waals surface area contributed by atoms with Crippen LogP contribution in [0.4, 0.5) is 4.79 Å². The first-order valence-corrected chi connectivity index (χ1v) is 4.80. The molecule has 0 spiro atoms. The number of carbonyl (C=O) groups excluding carboxylic acids is 1. The summed E-state index contributed by atoms with van der Waals surface area (Å²) in [5.74, 6) is 0. The molecule has 0 saturated heterocycles. The van der Waals surface area contributed by atoms with Crippen molar-refractivity contribution in [1.29, 1.82) is 0 Å². The van der Waals surface area contributed by atoms with Gasteiger partial charge >= 0.3 is 0 Å². The molecule has 2 atom stereocenters. The molecule has 11 heavy (non-hydrogen) atoms. The van der Waals surface area contributed by atoms with Crippen LogP contribution in [0.2, 0.25) is 0 Å². The molecular weight excluding hydrogens is 257 g/mol. The molecule has 1 rings (SSSR count). The Morgan fingerprint density at radius 3 is 2.91 bits per heavy atom. The summed E-state index contributed by atoms with van der Waals surface area (Å²) in [5.41, 5.74) is 0. The summed E-state index contributed by atoms with van der Waals surface area (Å²) in [4.78, 5) is 10.7. The van der Waals surface area contributed by atoms with Gasteiger partial charge in [0.25, 0.3) is 3.91 Å². The summed E-state index contributed by atoms with van der Waals surface area (Å²) < 4.78 is 5.22. The molecular formula is C7H12INO2. The number of amides is 1. The third-order valence-electron chi connectivity index (χ3n) is 2.05. The smallest absolute Gasteiger partial charge is 0.280 e. The Balaban J connectivity index is 2.37.